The molecular weight excluding hydrogens is 395 g/mol. The van der Waals surface area contributed by atoms with Crippen molar-refractivity contribution in [1.29, 1.82) is 0 Å². The molecule has 0 saturated heterocycles. The zero-order valence-corrected chi connectivity index (χ0v) is 14.8. The van der Waals surface area contributed by atoms with Gasteiger partial charge in [0, 0.05) is 22.0 Å². The Hall–Kier alpha value is 0.0300. The van der Waals surface area contributed by atoms with Crippen LogP contribution in [-0.2, 0) is 0 Å². The number of halogens is 3. The number of hydrogen-bond donors (Lipinski definition) is 2. The molecule has 1 aromatic rings. The van der Waals surface area contributed by atoms with E-state index in [2.05, 4.69) is 43.8 Å². The molecule has 1 aliphatic rings. The van der Waals surface area contributed by atoms with Crippen LogP contribution < -0.4 is 10.6 Å². The molecule has 1 fully saturated rings. The lowest BCUT2D eigenvalue weighted by Gasteiger charge is -2.35. The van der Waals surface area contributed by atoms with E-state index in [0.29, 0.717) is 6.04 Å². The molecule has 6 heteroatoms. The fraction of sp³-hybridized carbons (Fsp3) is 0.538. The van der Waals surface area contributed by atoms with Crippen LogP contribution in [-0.4, -0.2) is 24.3 Å². The van der Waals surface area contributed by atoms with Gasteiger partial charge < -0.3 is 15.7 Å². The van der Waals surface area contributed by atoms with Crippen LogP contribution in [0, 0.1) is 0 Å². The lowest BCUT2D eigenvalue weighted by atomic mass is 9.92. The molecule has 0 unspecified atom stereocenters. The molecule has 0 heterocycles. The lowest BCUT2D eigenvalue weighted by molar-refractivity contribution is 0.122. The molecule has 0 amide bonds. The van der Waals surface area contributed by atoms with Gasteiger partial charge >= 0.3 is 0 Å². The van der Waals surface area contributed by atoms with Gasteiger partial charge in [-0.15, -0.1) is 12.4 Å². The second-order valence-corrected chi connectivity index (χ2v) is 6.66. The quantitative estimate of drug-likeness (QED) is 0.721. The van der Waals surface area contributed by atoms with E-state index in [0.717, 1.165) is 46.0 Å². The van der Waals surface area contributed by atoms with Crippen molar-refractivity contribution in [1.82, 2.24) is 0 Å². The Labute approximate surface area is 137 Å². The van der Waals surface area contributed by atoms with Crippen LogP contribution in [0.15, 0.2) is 21.1 Å². The summed E-state index contributed by atoms with van der Waals surface area (Å²) in [6, 6.07) is 4.46. The highest BCUT2D eigenvalue weighted by molar-refractivity contribution is 9.11. The number of rotatable bonds is 2. The van der Waals surface area contributed by atoms with E-state index in [9.17, 15) is 5.11 Å². The molecule has 0 atom stereocenters. The maximum Gasteiger partial charge on any atom is 0.0697 e. The molecule has 19 heavy (non-hydrogen) atoms. The monoisotopic (exact) mass is 412 g/mol. The van der Waals surface area contributed by atoms with Gasteiger partial charge in [-0.05, 0) is 53.7 Å². The summed E-state index contributed by atoms with van der Waals surface area (Å²) in [6.45, 7) is 0. The smallest absolute Gasteiger partial charge is 0.0697 e. The summed E-state index contributed by atoms with van der Waals surface area (Å²) in [5.41, 5.74) is 7.94. The van der Waals surface area contributed by atoms with E-state index in [1.54, 1.807) is 0 Å². The standard InChI is InChI=1S/C13H18Br2N2O.ClH/c1-17(9-2-4-10(18)5-3-9)12-7-8(14)6-11(15)13(12)16;/h6-7,9-10,18H,2-5,16H2,1H3;1H/t9-,10-;. The number of aliphatic hydroxyl groups excluding tert-OH is 1. The fourth-order valence-corrected chi connectivity index (χ4v) is 3.71. The molecule has 1 saturated carbocycles. The van der Waals surface area contributed by atoms with Gasteiger partial charge in [-0.2, -0.15) is 0 Å². The van der Waals surface area contributed by atoms with Crippen molar-refractivity contribution in [3.63, 3.8) is 0 Å². The maximum atomic E-state index is 9.56. The van der Waals surface area contributed by atoms with Gasteiger partial charge in [0.05, 0.1) is 17.5 Å². The highest BCUT2D eigenvalue weighted by Gasteiger charge is 2.24. The Balaban J connectivity index is 0.00000180. The van der Waals surface area contributed by atoms with Crippen molar-refractivity contribution >= 4 is 55.6 Å². The molecule has 0 aliphatic heterocycles. The lowest BCUT2D eigenvalue weighted by Crippen LogP contribution is -2.36. The van der Waals surface area contributed by atoms with E-state index in [-0.39, 0.29) is 18.5 Å². The molecule has 0 aromatic heterocycles. The first-order chi connectivity index (χ1) is 8.49. The second-order valence-electron chi connectivity index (χ2n) is 4.89. The van der Waals surface area contributed by atoms with Gasteiger partial charge in [-0.25, -0.2) is 0 Å². The van der Waals surface area contributed by atoms with Crippen LogP contribution in [0.4, 0.5) is 11.4 Å². The van der Waals surface area contributed by atoms with Gasteiger partial charge in [-0.1, -0.05) is 15.9 Å². The third kappa shape index (κ3) is 4.00. The van der Waals surface area contributed by atoms with E-state index in [1.165, 1.54) is 0 Å². The summed E-state index contributed by atoms with van der Waals surface area (Å²) in [4.78, 5) is 2.23. The molecule has 3 N–H and O–H groups in total. The predicted molar refractivity (Wildman–Crippen MR) is 90.2 cm³/mol. The number of benzene rings is 1. The highest BCUT2D eigenvalue weighted by Crippen LogP contribution is 2.36. The minimum atomic E-state index is -0.124. The first-order valence-electron chi connectivity index (χ1n) is 6.14. The number of hydrogen-bond acceptors (Lipinski definition) is 3. The summed E-state index contributed by atoms with van der Waals surface area (Å²) in [7, 11) is 2.08. The van der Waals surface area contributed by atoms with Crippen LogP contribution in [0.1, 0.15) is 25.7 Å². The first-order valence-corrected chi connectivity index (χ1v) is 7.73. The van der Waals surface area contributed by atoms with Crippen molar-refractivity contribution < 1.29 is 5.11 Å². The Morgan fingerprint density at radius 1 is 1.21 bits per heavy atom. The van der Waals surface area contributed by atoms with E-state index < -0.39 is 0 Å². The minimum absolute atomic E-state index is 0. The Morgan fingerprint density at radius 3 is 2.37 bits per heavy atom. The Bertz CT molecular complexity index is 437. The minimum Gasteiger partial charge on any atom is -0.396 e. The van der Waals surface area contributed by atoms with Crippen LogP contribution in [0.25, 0.3) is 0 Å². The number of nitrogens with two attached hydrogens (primary N) is 1. The van der Waals surface area contributed by atoms with Gasteiger partial charge in [0.2, 0.25) is 0 Å². The van der Waals surface area contributed by atoms with Crippen molar-refractivity contribution in [2.45, 2.75) is 37.8 Å². The topological polar surface area (TPSA) is 49.5 Å². The molecular formula is C13H19Br2ClN2O. The van der Waals surface area contributed by atoms with Gasteiger partial charge in [-0.3, -0.25) is 0 Å². The molecule has 0 bridgehead atoms. The Morgan fingerprint density at radius 2 is 1.79 bits per heavy atom. The average molecular weight is 415 g/mol. The largest absolute Gasteiger partial charge is 0.396 e. The van der Waals surface area contributed by atoms with Crippen LogP contribution in [0.2, 0.25) is 0 Å². The zero-order valence-electron chi connectivity index (χ0n) is 10.8. The normalized spacial score (nSPS) is 22.7. The molecule has 1 aromatic carbocycles. The van der Waals surface area contributed by atoms with Gasteiger partial charge in [0.15, 0.2) is 0 Å². The van der Waals surface area contributed by atoms with Crippen molar-refractivity contribution in [2.75, 3.05) is 17.7 Å². The predicted octanol–water partition coefficient (Wildman–Crippen LogP) is 3.96. The maximum absolute atomic E-state index is 9.56. The van der Waals surface area contributed by atoms with Gasteiger partial charge in [0.25, 0.3) is 0 Å². The first kappa shape index (κ1) is 17.1. The summed E-state index contributed by atoms with van der Waals surface area (Å²) < 4.78 is 1.93. The SMILES string of the molecule is CN(c1cc(Br)cc(Br)c1N)[C@H]1CC[C@H](O)CC1.Cl. The molecule has 1 aliphatic carbocycles. The van der Waals surface area contributed by atoms with E-state index >= 15 is 0 Å². The molecule has 2 rings (SSSR count). The molecule has 0 radical (unpaired) electrons. The van der Waals surface area contributed by atoms with E-state index in [4.69, 9.17) is 5.73 Å². The van der Waals surface area contributed by atoms with E-state index in [1.807, 2.05) is 12.1 Å². The van der Waals surface area contributed by atoms with Crippen LogP contribution >= 0.6 is 44.3 Å². The fourth-order valence-electron chi connectivity index (χ4n) is 2.51. The zero-order chi connectivity index (χ0) is 13.3. The summed E-state index contributed by atoms with van der Waals surface area (Å²) in [5.74, 6) is 0. The average Bonchev–Trinajstić information content (AvgIpc) is 2.34. The third-order valence-electron chi connectivity index (χ3n) is 3.67. The number of anilines is 2. The van der Waals surface area contributed by atoms with Crippen molar-refractivity contribution in [2.24, 2.45) is 0 Å². The van der Waals surface area contributed by atoms with Crippen molar-refractivity contribution in [3.05, 3.63) is 21.1 Å². The number of aliphatic hydroxyl groups is 1. The van der Waals surface area contributed by atoms with Gasteiger partial charge in [0.1, 0.15) is 0 Å². The Kier molecular flexibility index (Phi) is 6.43. The summed E-state index contributed by atoms with van der Waals surface area (Å²) >= 11 is 6.97. The summed E-state index contributed by atoms with van der Waals surface area (Å²) in [6.07, 6.45) is 3.66. The third-order valence-corrected chi connectivity index (χ3v) is 4.78. The van der Waals surface area contributed by atoms with Crippen LogP contribution in [0.5, 0.6) is 0 Å². The number of nitrogen functional groups attached to an aromatic ring is 1. The van der Waals surface area contributed by atoms with Crippen LogP contribution in [0.3, 0.4) is 0 Å². The molecule has 108 valence electrons. The number of nitrogens with zero attached hydrogens (tertiary/aromatic N) is 1. The highest BCUT2D eigenvalue weighted by atomic mass is 79.9. The second kappa shape index (κ2) is 7.16. The molecule has 3 nitrogen and oxygen atoms in total. The summed E-state index contributed by atoms with van der Waals surface area (Å²) in [5, 5.41) is 9.56. The molecule has 0 spiro atoms. The van der Waals surface area contributed by atoms with Crippen molar-refractivity contribution in [3.8, 4) is 0 Å².